The van der Waals surface area contributed by atoms with Crippen LogP contribution in [0.5, 0.6) is 0 Å². The summed E-state index contributed by atoms with van der Waals surface area (Å²) >= 11 is 0. The van der Waals surface area contributed by atoms with Crippen LogP contribution in [0.3, 0.4) is 0 Å². The monoisotopic (exact) mass is 331 g/mol. The van der Waals surface area contributed by atoms with Gasteiger partial charge in [0.25, 0.3) is 0 Å². The highest BCUT2D eigenvalue weighted by molar-refractivity contribution is 5.15. The lowest BCUT2D eigenvalue weighted by atomic mass is 9.44. The summed E-state index contributed by atoms with van der Waals surface area (Å²) in [5.41, 5.74) is 0.418. The van der Waals surface area contributed by atoms with Gasteiger partial charge in [0.1, 0.15) is 0 Å². The van der Waals surface area contributed by atoms with Crippen LogP contribution in [0.4, 0.5) is 0 Å². The molecule has 2 heteroatoms. The molecular formula is C22H37NO. The third-order valence-corrected chi connectivity index (χ3v) is 9.93. The Labute approximate surface area is 148 Å². The summed E-state index contributed by atoms with van der Waals surface area (Å²) in [5.74, 6) is 3.67. The maximum Gasteiger partial charge on any atom is 0.0830 e. The van der Waals surface area contributed by atoms with Gasteiger partial charge in [0, 0.05) is 25.0 Å². The SMILES string of the molecule is C[C@]12CCCC[C@H]1CC[C@@H]1[C@@H]2CC[C@@]2(C)[C@H]1CC[C@@]2(O)CN1CC1. The van der Waals surface area contributed by atoms with Gasteiger partial charge in [-0.15, -0.1) is 0 Å². The summed E-state index contributed by atoms with van der Waals surface area (Å²) in [6.45, 7) is 8.52. The van der Waals surface area contributed by atoms with E-state index in [0.717, 1.165) is 36.6 Å². The minimum Gasteiger partial charge on any atom is -0.388 e. The zero-order valence-corrected chi connectivity index (χ0v) is 15.9. The van der Waals surface area contributed by atoms with Crippen molar-refractivity contribution in [3.8, 4) is 0 Å². The Morgan fingerprint density at radius 1 is 0.875 bits per heavy atom. The molecule has 4 saturated carbocycles. The third kappa shape index (κ3) is 2.08. The molecule has 2 nitrogen and oxygen atoms in total. The minimum absolute atomic E-state index is 0.189. The first-order chi connectivity index (χ1) is 11.5. The average Bonchev–Trinajstić information content (AvgIpc) is 3.32. The second kappa shape index (κ2) is 5.22. The molecule has 0 aromatic carbocycles. The van der Waals surface area contributed by atoms with Gasteiger partial charge < -0.3 is 5.11 Å². The fraction of sp³-hybridized carbons (Fsp3) is 1.00. The van der Waals surface area contributed by atoms with Gasteiger partial charge in [-0.2, -0.15) is 0 Å². The van der Waals surface area contributed by atoms with Crippen molar-refractivity contribution in [3.63, 3.8) is 0 Å². The molecule has 1 aliphatic heterocycles. The molecule has 0 spiro atoms. The van der Waals surface area contributed by atoms with Crippen molar-refractivity contribution in [1.82, 2.24) is 4.90 Å². The maximum absolute atomic E-state index is 11.6. The van der Waals surface area contributed by atoms with Gasteiger partial charge in [-0.25, -0.2) is 0 Å². The van der Waals surface area contributed by atoms with Gasteiger partial charge in [-0.1, -0.05) is 26.7 Å². The summed E-state index contributed by atoms with van der Waals surface area (Å²) in [5, 5.41) is 11.6. The van der Waals surface area contributed by atoms with Gasteiger partial charge >= 0.3 is 0 Å². The second-order valence-corrected chi connectivity index (χ2v) is 10.7. The van der Waals surface area contributed by atoms with E-state index in [1.54, 1.807) is 0 Å². The molecule has 5 fully saturated rings. The van der Waals surface area contributed by atoms with E-state index in [2.05, 4.69) is 18.7 Å². The molecule has 5 rings (SSSR count). The normalized spacial score (nSPS) is 57.1. The van der Waals surface area contributed by atoms with E-state index in [1.807, 2.05) is 0 Å². The molecular weight excluding hydrogens is 294 g/mol. The highest BCUT2D eigenvalue weighted by Gasteiger charge is 2.64. The Bertz CT molecular complexity index is 516. The van der Waals surface area contributed by atoms with E-state index in [9.17, 15) is 5.11 Å². The molecule has 4 aliphatic carbocycles. The number of rotatable bonds is 2. The van der Waals surface area contributed by atoms with Gasteiger partial charge in [0.05, 0.1) is 5.60 Å². The van der Waals surface area contributed by atoms with Crippen molar-refractivity contribution in [2.75, 3.05) is 19.6 Å². The summed E-state index contributed by atoms with van der Waals surface area (Å²) < 4.78 is 0. The van der Waals surface area contributed by atoms with Crippen LogP contribution in [0.1, 0.15) is 78.1 Å². The van der Waals surface area contributed by atoms with Crippen LogP contribution in [0, 0.1) is 34.5 Å². The molecule has 24 heavy (non-hydrogen) atoms. The zero-order valence-electron chi connectivity index (χ0n) is 15.9. The van der Waals surface area contributed by atoms with Crippen molar-refractivity contribution in [3.05, 3.63) is 0 Å². The fourth-order valence-electron chi connectivity index (χ4n) is 8.26. The highest BCUT2D eigenvalue weighted by Crippen LogP contribution is 2.68. The number of hydrogen-bond acceptors (Lipinski definition) is 2. The number of β-amino-alcohol motifs (C(OH)–C–C–N with tert-alkyl or cyclic N) is 1. The minimum atomic E-state index is -0.399. The van der Waals surface area contributed by atoms with Crippen molar-refractivity contribution in [2.24, 2.45) is 34.5 Å². The van der Waals surface area contributed by atoms with Crippen molar-refractivity contribution in [2.45, 2.75) is 83.7 Å². The second-order valence-electron chi connectivity index (χ2n) is 10.7. The van der Waals surface area contributed by atoms with Crippen molar-refractivity contribution in [1.29, 1.82) is 0 Å². The zero-order chi connectivity index (χ0) is 16.6. The molecule has 1 N–H and O–H groups in total. The maximum atomic E-state index is 11.6. The quantitative estimate of drug-likeness (QED) is 0.755. The molecule has 0 unspecified atom stereocenters. The standard InChI is InChI=1S/C22H37NO/c1-20-10-4-3-5-16(20)6-7-17-18(20)8-11-21(2)19(17)9-12-22(21,24)15-23-13-14-23/h16-19,24H,3-15H2,1-2H3/t16-,17+,18-,19-,20-,21-,22+/m0/s1. The molecule has 136 valence electrons. The van der Waals surface area contributed by atoms with Crippen LogP contribution in [0.2, 0.25) is 0 Å². The number of nitrogens with zero attached hydrogens (tertiary/aromatic N) is 1. The number of aliphatic hydroxyl groups is 1. The smallest absolute Gasteiger partial charge is 0.0830 e. The first-order valence-electron chi connectivity index (χ1n) is 10.9. The molecule has 0 bridgehead atoms. The molecule has 0 amide bonds. The first-order valence-corrected chi connectivity index (χ1v) is 10.9. The predicted molar refractivity (Wildman–Crippen MR) is 97.7 cm³/mol. The van der Waals surface area contributed by atoms with Gasteiger partial charge in [0.15, 0.2) is 0 Å². The van der Waals surface area contributed by atoms with E-state index < -0.39 is 5.60 Å². The van der Waals surface area contributed by atoms with Gasteiger partial charge in [-0.3, -0.25) is 4.90 Å². The largest absolute Gasteiger partial charge is 0.388 e. The predicted octanol–water partition coefficient (Wildman–Crippen LogP) is 4.47. The van der Waals surface area contributed by atoms with Gasteiger partial charge in [0.2, 0.25) is 0 Å². The van der Waals surface area contributed by atoms with E-state index in [0.29, 0.717) is 5.41 Å². The van der Waals surface area contributed by atoms with Crippen LogP contribution in [-0.4, -0.2) is 35.2 Å². The van der Waals surface area contributed by atoms with Crippen LogP contribution in [0.25, 0.3) is 0 Å². The van der Waals surface area contributed by atoms with Crippen LogP contribution in [0.15, 0.2) is 0 Å². The highest BCUT2D eigenvalue weighted by atomic mass is 16.3. The van der Waals surface area contributed by atoms with E-state index >= 15 is 0 Å². The van der Waals surface area contributed by atoms with Gasteiger partial charge in [-0.05, 0) is 80.5 Å². The summed E-state index contributed by atoms with van der Waals surface area (Å²) in [4.78, 5) is 2.46. The fourth-order valence-corrected chi connectivity index (χ4v) is 8.26. The number of fused-ring (bicyclic) bond motifs is 5. The summed E-state index contributed by atoms with van der Waals surface area (Å²) in [6, 6.07) is 0. The van der Waals surface area contributed by atoms with E-state index in [4.69, 9.17) is 0 Å². The summed E-state index contributed by atoms with van der Waals surface area (Å²) in [6.07, 6.45) is 13.9. The van der Waals surface area contributed by atoms with Crippen LogP contribution in [-0.2, 0) is 0 Å². The Morgan fingerprint density at radius 3 is 2.46 bits per heavy atom. The third-order valence-electron chi connectivity index (χ3n) is 9.93. The molecule has 1 heterocycles. The van der Waals surface area contributed by atoms with Crippen molar-refractivity contribution >= 4 is 0 Å². The topological polar surface area (TPSA) is 23.2 Å². The lowest BCUT2D eigenvalue weighted by Gasteiger charge is -2.61. The Balaban J connectivity index is 1.43. The Kier molecular flexibility index (Phi) is 3.51. The molecule has 5 aliphatic rings. The van der Waals surface area contributed by atoms with Crippen molar-refractivity contribution < 1.29 is 5.11 Å². The molecule has 7 atom stereocenters. The molecule has 0 radical (unpaired) electrons. The Morgan fingerprint density at radius 2 is 1.67 bits per heavy atom. The van der Waals surface area contributed by atoms with E-state index in [-0.39, 0.29) is 5.41 Å². The van der Waals surface area contributed by atoms with Crippen LogP contribution >= 0.6 is 0 Å². The Hall–Kier alpha value is -0.0800. The molecule has 1 saturated heterocycles. The number of hydrogen-bond donors (Lipinski definition) is 1. The average molecular weight is 332 g/mol. The molecule has 0 aromatic heterocycles. The first kappa shape index (κ1) is 16.1. The van der Waals surface area contributed by atoms with E-state index in [1.165, 1.54) is 70.9 Å². The lowest BCUT2D eigenvalue weighted by molar-refractivity contribution is -0.153. The summed E-state index contributed by atoms with van der Waals surface area (Å²) in [7, 11) is 0. The molecule has 0 aromatic rings. The van der Waals surface area contributed by atoms with Crippen LogP contribution < -0.4 is 0 Å². The lowest BCUT2D eigenvalue weighted by Crippen LogP contribution is -2.57.